The Bertz CT molecular complexity index is 877. The maximum absolute atomic E-state index is 12.7. The van der Waals surface area contributed by atoms with Crippen molar-refractivity contribution in [2.45, 2.75) is 26.4 Å². The van der Waals surface area contributed by atoms with E-state index in [0.717, 1.165) is 4.88 Å². The summed E-state index contributed by atoms with van der Waals surface area (Å²) in [5.74, 6) is -0.410. The molecule has 1 aromatic heterocycles. The number of hydrogen-bond acceptors (Lipinski definition) is 5. The van der Waals surface area contributed by atoms with Gasteiger partial charge in [-0.05, 0) is 43.5 Å². The Morgan fingerprint density at radius 3 is 2.68 bits per heavy atom. The summed E-state index contributed by atoms with van der Waals surface area (Å²) in [4.78, 5) is 28.0. The highest BCUT2D eigenvalue weighted by molar-refractivity contribution is 7.10. The lowest BCUT2D eigenvalue weighted by atomic mass is 10.0. The molecule has 1 aromatic carbocycles. The zero-order chi connectivity index (χ0) is 20.1. The Balaban J connectivity index is 1.90. The van der Waals surface area contributed by atoms with E-state index in [1.165, 1.54) is 22.5 Å². The second-order valence-electron chi connectivity index (χ2n) is 6.76. The number of rotatable bonds is 7. The monoisotopic (exact) mass is 399 g/mol. The Hall–Kier alpha value is -2.64. The molecule has 148 valence electrons. The number of ether oxygens (including phenoxy) is 1. The maximum atomic E-state index is 12.7. The molecule has 0 bridgehead atoms. The molecule has 2 aromatic rings. The van der Waals surface area contributed by atoms with Crippen LogP contribution in [0.3, 0.4) is 0 Å². The summed E-state index contributed by atoms with van der Waals surface area (Å²) in [6.45, 7) is 5.26. The minimum absolute atomic E-state index is 0.278. The Kier molecular flexibility index (Phi) is 6.49. The first kappa shape index (κ1) is 20.1. The average molecular weight is 400 g/mol. The second kappa shape index (κ2) is 9.03. The lowest BCUT2D eigenvalue weighted by Gasteiger charge is -2.30. The molecular formula is C21H25N3O3S. The van der Waals surface area contributed by atoms with Crippen molar-refractivity contribution in [2.75, 3.05) is 20.2 Å². The van der Waals surface area contributed by atoms with E-state index in [4.69, 9.17) is 4.74 Å². The quantitative estimate of drug-likeness (QED) is 0.701. The number of carbonyl (C=O) groups is 2. The number of benzene rings is 1. The highest BCUT2D eigenvalue weighted by atomic mass is 32.1. The number of urea groups is 1. The molecule has 0 spiro atoms. The van der Waals surface area contributed by atoms with Crippen LogP contribution in [0.4, 0.5) is 4.79 Å². The van der Waals surface area contributed by atoms with E-state index in [-0.39, 0.29) is 12.6 Å². The van der Waals surface area contributed by atoms with Gasteiger partial charge in [0.25, 0.3) is 0 Å². The van der Waals surface area contributed by atoms with Crippen molar-refractivity contribution in [3.05, 3.63) is 69.1 Å². The molecule has 2 amide bonds. The largest absolute Gasteiger partial charge is 0.463 e. The van der Waals surface area contributed by atoms with Crippen LogP contribution < -0.4 is 10.6 Å². The van der Waals surface area contributed by atoms with Crippen molar-refractivity contribution in [1.29, 1.82) is 0 Å². The summed E-state index contributed by atoms with van der Waals surface area (Å²) in [6.07, 6.45) is 0. The fourth-order valence-electron chi connectivity index (χ4n) is 3.27. The lowest BCUT2D eigenvalue weighted by molar-refractivity contribution is -0.139. The van der Waals surface area contributed by atoms with Gasteiger partial charge in [0, 0.05) is 23.7 Å². The topological polar surface area (TPSA) is 70.7 Å². The third-order valence-electron chi connectivity index (χ3n) is 4.61. The number of aryl methyl sites for hydroxylation is 1. The summed E-state index contributed by atoms with van der Waals surface area (Å²) in [6, 6.07) is 11.2. The lowest BCUT2D eigenvalue weighted by Crippen LogP contribution is -2.48. The van der Waals surface area contributed by atoms with Gasteiger partial charge in [-0.15, -0.1) is 11.3 Å². The molecule has 28 heavy (non-hydrogen) atoms. The number of likely N-dealkylation sites (N-methyl/N-ethyl adjacent to an activating group) is 1. The second-order valence-corrected chi connectivity index (χ2v) is 7.74. The van der Waals surface area contributed by atoms with Crippen molar-refractivity contribution in [3.8, 4) is 0 Å². The summed E-state index contributed by atoms with van der Waals surface area (Å²) < 4.78 is 5.29. The van der Waals surface area contributed by atoms with Gasteiger partial charge in [-0.25, -0.2) is 9.59 Å². The van der Waals surface area contributed by atoms with Crippen LogP contribution in [0.5, 0.6) is 0 Å². The molecule has 1 atom stereocenters. The van der Waals surface area contributed by atoms with Crippen molar-refractivity contribution >= 4 is 23.3 Å². The fourth-order valence-corrected chi connectivity index (χ4v) is 4.05. The standard InChI is InChI=1S/C21H25N3O3S/c1-4-27-20(25)18-16(13-24(3)12-15-9-6-5-8-14(15)2)22-21(26)23-19(18)17-10-7-11-28-17/h5-11,19H,4,12-13H2,1-3H3,(H2,22,23,26)/t19-/m0/s1. The normalized spacial score (nSPS) is 16.7. The first-order chi connectivity index (χ1) is 13.5. The molecule has 0 saturated carbocycles. The summed E-state index contributed by atoms with van der Waals surface area (Å²) in [7, 11) is 1.97. The predicted molar refractivity (Wildman–Crippen MR) is 110 cm³/mol. The first-order valence-corrected chi connectivity index (χ1v) is 10.1. The molecule has 2 heterocycles. The van der Waals surface area contributed by atoms with E-state index >= 15 is 0 Å². The number of carbonyl (C=O) groups excluding carboxylic acids is 2. The van der Waals surface area contributed by atoms with Gasteiger partial charge < -0.3 is 15.4 Å². The Morgan fingerprint density at radius 1 is 1.21 bits per heavy atom. The molecule has 1 aliphatic heterocycles. The molecule has 0 unspecified atom stereocenters. The average Bonchev–Trinajstić information content (AvgIpc) is 3.18. The molecule has 7 heteroatoms. The van der Waals surface area contributed by atoms with Gasteiger partial charge in [0.2, 0.25) is 0 Å². The van der Waals surface area contributed by atoms with Crippen LogP contribution >= 0.6 is 11.3 Å². The molecule has 6 nitrogen and oxygen atoms in total. The van der Waals surface area contributed by atoms with Crippen LogP contribution in [0.2, 0.25) is 0 Å². The highest BCUT2D eigenvalue weighted by Gasteiger charge is 2.34. The number of amides is 2. The summed E-state index contributed by atoms with van der Waals surface area (Å²) in [5.41, 5.74) is 3.45. The number of nitrogens with zero attached hydrogens (tertiary/aromatic N) is 1. The summed E-state index contributed by atoms with van der Waals surface area (Å²) >= 11 is 1.50. The third-order valence-corrected chi connectivity index (χ3v) is 5.54. The zero-order valence-corrected chi connectivity index (χ0v) is 17.1. The van der Waals surface area contributed by atoms with Crippen molar-refractivity contribution in [3.63, 3.8) is 0 Å². The minimum Gasteiger partial charge on any atom is -0.463 e. The highest BCUT2D eigenvalue weighted by Crippen LogP contribution is 2.31. The van der Waals surface area contributed by atoms with Crippen LogP contribution in [0.25, 0.3) is 0 Å². The van der Waals surface area contributed by atoms with Gasteiger partial charge in [0.1, 0.15) is 0 Å². The van der Waals surface area contributed by atoms with E-state index in [0.29, 0.717) is 24.4 Å². The SMILES string of the molecule is CCOC(=O)C1=C(CN(C)Cc2ccccc2C)NC(=O)N[C@H]1c1cccs1. The molecule has 0 saturated heterocycles. The van der Waals surface area contributed by atoms with Crippen LogP contribution in [-0.4, -0.2) is 37.1 Å². The molecule has 0 fully saturated rings. The van der Waals surface area contributed by atoms with E-state index in [1.54, 1.807) is 6.92 Å². The van der Waals surface area contributed by atoms with Crippen molar-refractivity contribution < 1.29 is 14.3 Å². The number of esters is 1. The van der Waals surface area contributed by atoms with Crippen LogP contribution in [-0.2, 0) is 16.1 Å². The van der Waals surface area contributed by atoms with Gasteiger partial charge in [0.15, 0.2) is 0 Å². The predicted octanol–water partition coefficient (Wildman–Crippen LogP) is 3.36. The van der Waals surface area contributed by atoms with Gasteiger partial charge in [-0.1, -0.05) is 30.3 Å². The van der Waals surface area contributed by atoms with Crippen molar-refractivity contribution in [2.24, 2.45) is 0 Å². The Morgan fingerprint density at radius 2 is 2.00 bits per heavy atom. The molecule has 0 radical (unpaired) electrons. The van der Waals surface area contributed by atoms with E-state index in [1.807, 2.05) is 36.7 Å². The van der Waals surface area contributed by atoms with Crippen LogP contribution in [0, 0.1) is 6.92 Å². The maximum Gasteiger partial charge on any atom is 0.338 e. The van der Waals surface area contributed by atoms with Crippen LogP contribution in [0.1, 0.15) is 29.0 Å². The van der Waals surface area contributed by atoms with E-state index < -0.39 is 12.0 Å². The van der Waals surface area contributed by atoms with Gasteiger partial charge >= 0.3 is 12.0 Å². The number of hydrogen-bond donors (Lipinski definition) is 2. The zero-order valence-electron chi connectivity index (χ0n) is 16.3. The van der Waals surface area contributed by atoms with E-state index in [2.05, 4.69) is 34.6 Å². The van der Waals surface area contributed by atoms with Gasteiger partial charge in [-0.2, -0.15) is 0 Å². The molecular weight excluding hydrogens is 374 g/mol. The minimum atomic E-state index is -0.505. The van der Waals surface area contributed by atoms with Crippen molar-refractivity contribution in [1.82, 2.24) is 15.5 Å². The van der Waals surface area contributed by atoms with E-state index in [9.17, 15) is 9.59 Å². The summed E-state index contributed by atoms with van der Waals surface area (Å²) in [5, 5.41) is 7.60. The first-order valence-electron chi connectivity index (χ1n) is 9.23. The molecule has 2 N–H and O–H groups in total. The number of thiophene rings is 1. The Labute approximate surface area is 169 Å². The molecule has 0 aliphatic carbocycles. The van der Waals surface area contributed by atoms with Gasteiger partial charge in [0.05, 0.1) is 18.2 Å². The fraction of sp³-hybridized carbons (Fsp3) is 0.333. The molecule has 1 aliphatic rings. The smallest absolute Gasteiger partial charge is 0.338 e. The number of nitrogens with one attached hydrogen (secondary N) is 2. The third kappa shape index (κ3) is 4.61. The van der Waals surface area contributed by atoms with Gasteiger partial charge in [-0.3, -0.25) is 4.90 Å². The van der Waals surface area contributed by atoms with Crippen LogP contribution in [0.15, 0.2) is 53.0 Å². The molecule has 3 rings (SSSR count).